The zero-order chi connectivity index (χ0) is 23.9. The average Bonchev–Trinajstić information content (AvgIpc) is 3.13. The fourth-order valence-electron chi connectivity index (χ4n) is 4.37. The van der Waals surface area contributed by atoms with Gasteiger partial charge in [0.05, 0.1) is 31.4 Å². The molecule has 0 spiro atoms. The smallest absolute Gasteiger partial charge is 0.295 e. The van der Waals surface area contributed by atoms with Crippen LogP contribution < -0.4 is 4.74 Å². The third-order valence-electron chi connectivity index (χ3n) is 6.12. The molecule has 0 aliphatic carbocycles. The molecule has 2 fully saturated rings. The van der Waals surface area contributed by atoms with Gasteiger partial charge < -0.3 is 19.5 Å². The van der Waals surface area contributed by atoms with Gasteiger partial charge in [-0.15, -0.1) is 0 Å². The van der Waals surface area contributed by atoms with Crippen molar-refractivity contribution in [1.82, 2.24) is 14.8 Å². The molecule has 0 bridgehead atoms. The maximum Gasteiger partial charge on any atom is 0.295 e. The van der Waals surface area contributed by atoms with Crippen LogP contribution in [0.3, 0.4) is 0 Å². The largest absolute Gasteiger partial charge is 0.507 e. The number of benzene rings is 1. The maximum absolute atomic E-state index is 13.1. The van der Waals surface area contributed by atoms with Gasteiger partial charge in [0.2, 0.25) is 0 Å². The normalized spacial score (nSPS) is 20.6. The number of nitrogens with zero attached hydrogens (tertiary/aromatic N) is 3. The molecular formula is C26H31N3O5. The van der Waals surface area contributed by atoms with Crippen LogP contribution in [-0.2, 0) is 14.3 Å². The van der Waals surface area contributed by atoms with E-state index in [1.54, 1.807) is 47.6 Å². The second-order valence-electron chi connectivity index (χ2n) is 8.46. The molecule has 2 aliphatic rings. The Morgan fingerprint density at radius 1 is 1.15 bits per heavy atom. The van der Waals surface area contributed by atoms with Crippen LogP contribution in [0.4, 0.5) is 0 Å². The quantitative estimate of drug-likeness (QED) is 0.346. The van der Waals surface area contributed by atoms with Gasteiger partial charge in [-0.1, -0.05) is 13.0 Å². The van der Waals surface area contributed by atoms with Crippen molar-refractivity contribution in [2.24, 2.45) is 0 Å². The van der Waals surface area contributed by atoms with Gasteiger partial charge in [0.1, 0.15) is 11.5 Å². The van der Waals surface area contributed by atoms with Crippen LogP contribution in [0.5, 0.6) is 5.75 Å². The average molecular weight is 466 g/mol. The van der Waals surface area contributed by atoms with Crippen molar-refractivity contribution < 1.29 is 24.2 Å². The lowest BCUT2D eigenvalue weighted by atomic mass is 9.96. The number of carbonyl (C=O) groups excluding carboxylic acids is 2. The van der Waals surface area contributed by atoms with Gasteiger partial charge in [-0.2, -0.15) is 0 Å². The molecule has 180 valence electrons. The number of ether oxygens (including phenoxy) is 2. The van der Waals surface area contributed by atoms with Crippen LogP contribution in [-0.4, -0.2) is 77.6 Å². The van der Waals surface area contributed by atoms with Gasteiger partial charge in [0.25, 0.3) is 11.7 Å². The van der Waals surface area contributed by atoms with Crippen LogP contribution >= 0.6 is 0 Å². The summed E-state index contributed by atoms with van der Waals surface area (Å²) in [5, 5.41) is 11.2. The SMILES string of the molecule is CCCOc1ccc(C(O)=C2C(=O)C(=O)N(CCCN3CCOCC3)C2c2cccnc2)cc1. The van der Waals surface area contributed by atoms with Crippen molar-refractivity contribution in [3.8, 4) is 5.75 Å². The van der Waals surface area contributed by atoms with E-state index in [0.717, 1.165) is 26.1 Å². The van der Waals surface area contributed by atoms with E-state index in [4.69, 9.17) is 9.47 Å². The Morgan fingerprint density at radius 3 is 2.59 bits per heavy atom. The molecule has 2 aliphatic heterocycles. The van der Waals surface area contributed by atoms with Crippen molar-refractivity contribution in [2.75, 3.05) is 46.0 Å². The highest BCUT2D eigenvalue weighted by Crippen LogP contribution is 2.39. The lowest BCUT2D eigenvalue weighted by molar-refractivity contribution is -0.140. The number of hydrogen-bond donors (Lipinski definition) is 1. The number of carbonyl (C=O) groups is 2. The summed E-state index contributed by atoms with van der Waals surface area (Å²) in [7, 11) is 0. The maximum atomic E-state index is 13.1. The molecule has 1 aromatic heterocycles. The van der Waals surface area contributed by atoms with Gasteiger partial charge in [-0.25, -0.2) is 0 Å². The molecule has 8 nitrogen and oxygen atoms in total. The Labute approximate surface area is 199 Å². The molecule has 8 heteroatoms. The highest BCUT2D eigenvalue weighted by Gasteiger charge is 2.45. The summed E-state index contributed by atoms with van der Waals surface area (Å²) in [4.78, 5) is 34.2. The Bertz CT molecular complexity index is 1020. The molecule has 0 saturated carbocycles. The Balaban J connectivity index is 1.61. The summed E-state index contributed by atoms with van der Waals surface area (Å²) in [6.07, 6.45) is 4.89. The predicted octanol–water partition coefficient (Wildman–Crippen LogP) is 3.01. The molecule has 0 radical (unpaired) electrons. The molecule has 1 aromatic carbocycles. The summed E-state index contributed by atoms with van der Waals surface area (Å²) in [5.41, 5.74) is 1.24. The molecule has 2 aromatic rings. The van der Waals surface area contributed by atoms with E-state index in [-0.39, 0.29) is 11.3 Å². The Kier molecular flexibility index (Phi) is 7.92. The first kappa shape index (κ1) is 23.9. The van der Waals surface area contributed by atoms with E-state index in [1.807, 2.05) is 13.0 Å². The highest BCUT2D eigenvalue weighted by atomic mass is 16.5. The minimum absolute atomic E-state index is 0.0894. The number of ketones is 1. The van der Waals surface area contributed by atoms with E-state index in [2.05, 4.69) is 9.88 Å². The number of pyridine rings is 1. The number of hydrogen-bond acceptors (Lipinski definition) is 7. The van der Waals surface area contributed by atoms with E-state index in [1.165, 1.54) is 0 Å². The molecular weight excluding hydrogens is 434 g/mol. The molecule has 1 amide bonds. The van der Waals surface area contributed by atoms with E-state index in [0.29, 0.717) is 49.7 Å². The standard InChI is InChI=1S/C26H31N3O5/c1-2-15-34-21-8-6-19(7-9-21)24(30)22-23(20-5-3-10-27-18-20)29(26(32)25(22)31)12-4-11-28-13-16-33-17-14-28/h3,5-10,18,23,30H,2,4,11-17H2,1H3. The van der Waals surface area contributed by atoms with Crippen LogP contribution in [0.25, 0.3) is 5.76 Å². The van der Waals surface area contributed by atoms with Crippen molar-refractivity contribution >= 4 is 17.4 Å². The Morgan fingerprint density at radius 2 is 1.91 bits per heavy atom. The van der Waals surface area contributed by atoms with Crippen LogP contribution in [0.2, 0.25) is 0 Å². The molecule has 34 heavy (non-hydrogen) atoms. The lowest BCUT2D eigenvalue weighted by Gasteiger charge is -2.29. The first-order valence-corrected chi connectivity index (χ1v) is 11.8. The first-order chi connectivity index (χ1) is 16.6. The summed E-state index contributed by atoms with van der Waals surface area (Å²) < 4.78 is 11.0. The van der Waals surface area contributed by atoms with Crippen LogP contribution in [0.15, 0.2) is 54.4 Å². The van der Waals surface area contributed by atoms with Crippen molar-refractivity contribution in [3.05, 3.63) is 65.5 Å². The van der Waals surface area contributed by atoms with Gasteiger partial charge in [-0.3, -0.25) is 19.5 Å². The van der Waals surface area contributed by atoms with E-state index in [9.17, 15) is 14.7 Å². The molecule has 4 rings (SSSR count). The molecule has 1 unspecified atom stereocenters. The number of aliphatic hydroxyl groups excluding tert-OH is 1. The topological polar surface area (TPSA) is 92.2 Å². The summed E-state index contributed by atoms with van der Waals surface area (Å²) in [5.74, 6) is -0.778. The van der Waals surface area contributed by atoms with Crippen molar-refractivity contribution in [3.63, 3.8) is 0 Å². The molecule has 2 saturated heterocycles. The second kappa shape index (κ2) is 11.3. The van der Waals surface area contributed by atoms with Crippen LogP contribution in [0.1, 0.15) is 36.9 Å². The number of morpholine rings is 1. The summed E-state index contributed by atoms with van der Waals surface area (Å²) in [6.45, 7) is 6.99. The summed E-state index contributed by atoms with van der Waals surface area (Å²) >= 11 is 0. The number of likely N-dealkylation sites (tertiary alicyclic amines) is 1. The second-order valence-corrected chi connectivity index (χ2v) is 8.46. The monoisotopic (exact) mass is 465 g/mol. The predicted molar refractivity (Wildman–Crippen MR) is 127 cm³/mol. The third kappa shape index (κ3) is 5.29. The van der Waals surface area contributed by atoms with Gasteiger partial charge >= 0.3 is 0 Å². The van der Waals surface area contributed by atoms with Gasteiger partial charge in [0.15, 0.2) is 0 Å². The molecule has 3 heterocycles. The van der Waals surface area contributed by atoms with Crippen LogP contribution in [0, 0.1) is 0 Å². The minimum Gasteiger partial charge on any atom is -0.507 e. The fraction of sp³-hybridized carbons (Fsp3) is 0.423. The number of amides is 1. The van der Waals surface area contributed by atoms with Gasteiger partial charge in [0, 0.05) is 44.1 Å². The first-order valence-electron chi connectivity index (χ1n) is 11.8. The number of rotatable bonds is 9. The number of Topliss-reactive ketones (excluding diaryl/α,β-unsaturated/α-hetero) is 1. The van der Waals surface area contributed by atoms with Gasteiger partial charge in [-0.05, 0) is 48.7 Å². The third-order valence-corrected chi connectivity index (χ3v) is 6.12. The summed E-state index contributed by atoms with van der Waals surface area (Å²) in [6, 6.07) is 9.81. The highest BCUT2D eigenvalue weighted by molar-refractivity contribution is 6.46. The van der Waals surface area contributed by atoms with E-state index < -0.39 is 17.7 Å². The zero-order valence-electron chi connectivity index (χ0n) is 19.5. The van der Waals surface area contributed by atoms with Crippen molar-refractivity contribution in [2.45, 2.75) is 25.8 Å². The molecule has 1 N–H and O–H groups in total. The van der Waals surface area contributed by atoms with Crippen molar-refractivity contribution in [1.29, 1.82) is 0 Å². The fourth-order valence-corrected chi connectivity index (χ4v) is 4.37. The lowest BCUT2D eigenvalue weighted by Crippen LogP contribution is -2.39. The Hall–Kier alpha value is -3.23. The number of aliphatic hydroxyl groups is 1. The minimum atomic E-state index is -0.686. The van der Waals surface area contributed by atoms with E-state index >= 15 is 0 Å². The zero-order valence-corrected chi connectivity index (χ0v) is 19.5. The molecule has 1 atom stereocenters. The number of aromatic nitrogens is 1.